The molecule has 0 atom stereocenters. The predicted molar refractivity (Wildman–Crippen MR) is 70.0 cm³/mol. The Labute approximate surface area is 106 Å². The van der Waals surface area contributed by atoms with Gasteiger partial charge in [0.2, 0.25) is 0 Å². The number of aryl methyl sites for hydroxylation is 1. The molecule has 17 heavy (non-hydrogen) atoms. The van der Waals surface area contributed by atoms with Crippen LogP contribution in [-0.2, 0) is 13.1 Å². The number of rotatable bonds is 5. The van der Waals surface area contributed by atoms with Crippen molar-refractivity contribution in [2.45, 2.75) is 39.9 Å². The van der Waals surface area contributed by atoms with E-state index in [1.807, 2.05) is 16.0 Å². The first kappa shape index (κ1) is 12.3. The van der Waals surface area contributed by atoms with Crippen molar-refractivity contribution in [2.24, 2.45) is 0 Å². The molecular weight excluding hydrogens is 232 g/mol. The van der Waals surface area contributed by atoms with Gasteiger partial charge in [-0.25, -0.2) is 9.67 Å². The maximum Gasteiger partial charge on any atom is 0.141 e. The van der Waals surface area contributed by atoms with Crippen LogP contribution in [0.3, 0.4) is 0 Å². The van der Waals surface area contributed by atoms with Crippen molar-refractivity contribution in [1.29, 1.82) is 0 Å². The highest BCUT2D eigenvalue weighted by Crippen LogP contribution is 2.14. The van der Waals surface area contributed by atoms with Gasteiger partial charge in [-0.05, 0) is 32.9 Å². The zero-order valence-corrected chi connectivity index (χ0v) is 11.3. The molecule has 92 valence electrons. The Morgan fingerprint density at radius 2 is 2.18 bits per heavy atom. The van der Waals surface area contributed by atoms with Crippen LogP contribution in [0.5, 0.6) is 0 Å². The maximum atomic E-state index is 4.27. The number of thiophene rings is 1. The van der Waals surface area contributed by atoms with Crippen LogP contribution in [0.15, 0.2) is 18.5 Å². The fraction of sp³-hybridized carbons (Fsp3) is 0.500. The van der Waals surface area contributed by atoms with Gasteiger partial charge in [-0.15, -0.1) is 11.3 Å². The van der Waals surface area contributed by atoms with Crippen LogP contribution < -0.4 is 5.32 Å². The van der Waals surface area contributed by atoms with Crippen molar-refractivity contribution in [3.05, 3.63) is 34.0 Å². The van der Waals surface area contributed by atoms with Crippen LogP contribution in [0.25, 0.3) is 0 Å². The lowest BCUT2D eigenvalue weighted by atomic mass is 10.4. The summed E-state index contributed by atoms with van der Waals surface area (Å²) in [6, 6.07) is 4.68. The maximum absolute atomic E-state index is 4.27. The van der Waals surface area contributed by atoms with Gasteiger partial charge in [0.15, 0.2) is 0 Å². The van der Waals surface area contributed by atoms with Crippen molar-refractivity contribution < 1.29 is 0 Å². The number of nitrogens with one attached hydrogen (secondary N) is 1. The van der Waals surface area contributed by atoms with Crippen LogP contribution in [0, 0.1) is 6.92 Å². The second kappa shape index (κ2) is 5.42. The van der Waals surface area contributed by atoms with Crippen LogP contribution in [0.4, 0.5) is 0 Å². The quantitative estimate of drug-likeness (QED) is 0.886. The SMILES string of the molecule is Cc1ccc(CNCc2ncnn2C(C)C)s1. The first-order valence-electron chi connectivity index (χ1n) is 5.81. The lowest BCUT2D eigenvalue weighted by Crippen LogP contribution is -2.17. The molecule has 0 bridgehead atoms. The second-order valence-corrected chi connectivity index (χ2v) is 5.70. The van der Waals surface area contributed by atoms with Gasteiger partial charge in [-0.1, -0.05) is 0 Å². The second-order valence-electron chi connectivity index (χ2n) is 4.33. The molecule has 0 aliphatic rings. The number of nitrogens with zero attached hydrogens (tertiary/aromatic N) is 3. The Morgan fingerprint density at radius 1 is 1.35 bits per heavy atom. The Balaban J connectivity index is 1.88. The van der Waals surface area contributed by atoms with Gasteiger partial charge in [0, 0.05) is 22.3 Å². The molecule has 0 radical (unpaired) electrons. The molecule has 0 fully saturated rings. The number of hydrogen-bond acceptors (Lipinski definition) is 4. The van der Waals surface area contributed by atoms with Crippen molar-refractivity contribution in [2.75, 3.05) is 0 Å². The highest BCUT2D eigenvalue weighted by atomic mass is 32.1. The summed E-state index contributed by atoms with van der Waals surface area (Å²) in [5, 5.41) is 7.61. The van der Waals surface area contributed by atoms with E-state index in [2.05, 4.69) is 48.3 Å². The highest BCUT2D eigenvalue weighted by molar-refractivity contribution is 7.11. The van der Waals surface area contributed by atoms with Crippen molar-refractivity contribution in [1.82, 2.24) is 20.1 Å². The molecule has 0 aromatic carbocycles. The highest BCUT2D eigenvalue weighted by Gasteiger charge is 2.06. The topological polar surface area (TPSA) is 42.7 Å². The van der Waals surface area contributed by atoms with E-state index in [1.165, 1.54) is 9.75 Å². The van der Waals surface area contributed by atoms with Gasteiger partial charge in [-0.2, -0.15) is 5.10 Å². The van der Waals surface area contributed by atoms with Gasteiger partial charge >= 0.3 is 0 Å². The van der Waals surface area contributed by atoms with Crippen molar-refractivity contribution in [3.8, 4) is 0 Å². The number of aromatic nitrogens is 3. The third kappa shape index (κ3) is 3.14. The molecule has 0 aliphatic heterocycles. The lowest BCUT2D eigenvalue weighted by Gasteiger charge is -2.09. The smallest absolute Gasteiger partial charge is 0.141 e. The first-order chi connectivity index (χ1) is 8.16. The molecular formula is C12H18N4S. The minimum atomic E-state index is 0.360. The van der Waals surface area contributed by atoms with E-state index in [9.17, 15) is 0 Å². The molecule has 0 aliphatic carbocycles. The van der Waals surface area contributed by atoms with Gasteiger partial charge in [-0.3, -0.25) is 0 Å². The molecule has 2 aromatic heterocycles. The van der Waals surface area contributed by atoms with E-state index < -0.39 is 0 Å². The molecule has 2 heterocycles. The molecule has 0 spiro atoms. The summed E-state index contributed by atoms with van der Waals surface area (Å²) in [7, 11) is 0. The Morgan fingerprint density at radius 3 is 2.82 bits per heavy atom. The summed E-state index contributed by atoms with van der Waals surface area (Å²) in [4.78, 5) is 6.98. The molecule has 5 heteroatoms. The Kier molecular flexibility index (Phi) is 3.91. The van der Waals surface area contributed by atoms with E-state index in [4.69, 9.17) is 0 Å². The van der Waals surface area contributed by atoms with Gasteiger partial charge in [0.25, 0.3) is 0 Å². The zero-order valence-electron chi connectivity index (χ0n) is 10.5. The normalized spacial score (nSPS) is 11.3. The molecule has 0 unspecified atom stereocenters. The molecule has 0 saturated carbocycles. The Hall–Kier alpha value is -1.20. The van der Waals surface area contributed by atoms with Gasteiger partial charge < -0.3 is 5.32 Å². The third-order valence-electron chi connectivity index (χ3n) is 2.51. The zero-order chi connectivity index (χ0) is 12.3. The standard InChI is InChI=1S/C12H18N4S/c1-9(2)16-12(14-8-15-16)7-13-6-11-5-4-10(3)17-11/h4-5,8-9,13H,6-7H2,1-3H3. The number of hydrogen-bond donors (Lipinski definition) is 1. The summed E-state index contributed by atoms with van der Waals surface area (Å²) in [6.45, 7) is 8.00. The monoisotopic (exact) mass is 250 g/mol. The Bertz CT molecular complexity index is 472. The summed E-state index contributed by atoms with van der Waals surface area (Å²) in [6.07, 6.45) is 1.62. The fourth-order valence-corrected chi connectivity index (χ4v) is 2.57. The first-order valence-corrected chi connectivity index (χ1v) is 6.63. The predicted octanol–water partition coefficient (Wildman–Crippen LogP) is 2.52. The summed E-state index contributed by atoms with van der Waals surface area (Å²) in [5.74, 6) is 0.994. The van der Waals surface area contributed by atoms with Crippen molar-refractivity contribution in [3.63, 3.8) is 0 Å². The van der Waals surface area contributed by atoms with E-state index in [0.717, 1.165) is 18.9 Å². The van der Waals surface area contributed by atoms with Crippen LogP contribution in [0.1, 0.15) is 35.5 Å². The average molecular weight is 250 g/mol. The minimum Gasteiger partial charge on any atom is -0.305 e. The van der Waals surface area contributed by atoms with E-state index in [1.54, 1.807) is 6.33 Å². The molecule has 2 rings (SSSR count). The van der Waals surface area contributed by atoms with E-state index in [-0.39, 0.29) is 0 Å². The van der Waals surface area contributed by atoms with Crippen molar-refractivity contribution >= 4 is 11.3 Å². The summed E-state index contributed by atoms with van der Waals surface area (Å²) in [5.41, 5.74) is 0. The van der Waals surface area contributed by atoms with E-state index in [0.29, 0.717) is 6.04 Å². The van der Waals surface area contributed by atoms with Gasteiger partial charge in [0.05, 0.1) is 6.54 Å². The summed E-state index contributed by atoms with van der Waals surface area (Å²) < 4.78 is 1.95. The lowest BCUT2D eigenvalue weighted by molar-refractivity contribution is 0.490. The average Bonchev–Trinajstić information content (AvgIpc) is 2.87. The molecule has 0 amide bonds. The van der Waals surface area contributed by atoms with E-state index >= 15 is 0 Å². The molecule has 1 N–H and O–H groups in total. The van der Waals surface area contributed by atoms with Crippen LogP contribution in [0.2, 0.25) is 0 Å². The van der Waals surface area contributed by atoms with Crippen LogP contribution in [-0.4, -0.2) is 14.8 Å². The largest absolute Gasteiger partial charge is 0.305 e. The summed E-state index contributed by atoms with van der Waals surface area (Å²) >= 11 is 1.83. The molecule has 2 aromatic rings. The van der Waals surface area contributed by atoms with Gasteiger partial charge in [0.1, 0.15) is 12.2 Å². The fourth-order valence-electron chi connectivity index (χ4n) is 1.71. The third-order valence-corrected chi connectivity index (χ3v) is 3.52. The molecule has 4 nitrogen and oxygen atoms in total. The molecule has 0 saturated heterocycles. The van der Waals surface area contributed by atoms with Crippen LogP contribution >= 0.6 is 11.3 Å². The minimum absolute atomic E-state index is 0.360.